The van der Waals surface area contributed by atoms with Crippen LogP contribution < -0.4 is 0 Å². The van der Waals surface area contributed by atoms with E-state index in [0.29, 0.717) is 16.9 Å². The van der Waals surface area contributed by atoms with Crippen molar-refractivity contribution in [1.82, 2.24) is 9.97 Å². The summed E-state index contributed by atoms with van der Waals surface area (Å²) in [5, 5.41) is 12.0. The van der Waals surface area contributed by atoms with E-state index in [9.17, 15) is 5.11 Å². The SMILES string of the molecule is Cc1cccc(C[N+](C)(C)Cc2cnc([C@](O)(c3ccccc3)C3CCCCC3)o2)n1. The molecular weight excluding hydrogens is 386 g/mol. The van der Waals surface area contributed by atoms with Crippen molar-refractivity contribution in [1.29, 1.82) is 0 Å². The predicted octanol–water partition coefficient (Wildman–Crippen LogP) is 4.97. The molecule has 0 saturated heterocycles. The van der Waals surface area contributed by atoms with E-state index < -0.39 is 5.60 Å². The zero-order chi connectivity index (χ0) is 21.9. The molecule has 2 heterocycles. The Kier molecular flexibility index (Phi) is 6.26. The van der Waals surface area contributed by atoms with Crippen molar-refractivity contribution in [3.05, 3.63) is 83.3 Å². The molecule has 0 unspecified atom stereocenters. The molecule has 2 aromatic heterocycles. The van der Waals surface area contributed by atoms with Crippen LogP contribution in [0.4, 0.5) is 0 Å². The van der Waals surface area contributed by atoms with E-state index in [-0.39, 0.29) is 5.92 Å². The lowest BCUT2D eigenvalue weighted by Crippen LogP contribution is -2.38. The maximum absolute atomic E-state index is 12.0. The molecule has 0 amide bonds. The topological polar surface area (TPSA) is 59.2 Å². The number of rotatable bonds is 7. The van der Waals surface area contributed by atoms with Crippen LogP contribution in [-0.2, 0) is 18.7 Å². The van der Waals surface area contributed by atoms with Crippen LogP contribution in [0.2, 0.25) is 0 Å². The van der Waals surface area contributed by atoms with Crippen LogP contribution >= 0.6 is 0 Å². The van der Waals surface area contributed by atoms with Crippen molar-refractivity contribution < 1.29 is 14.0 Å². The molecule has 1 aliphatic rings. The van der Waals surface area contributed by atoms with E-state index in [1.807, 2.05) is 49.4 Å². The minimum absolute atomic E-state index is 0.120. The van der Waals surface area contributed by atoms with Gasteiger partial charge in [-0.3, -0.25) is 4.98 Å². The van der Waals surface area contributed by atoms with Gasteiger partial charge in [-0.1, -0.05) is 55.7 Å². The highest BCUT2D eigenvalue weighted by atomic mass is 16.4. The third kappa shape index (κ3) is 4.89. The van der Waals surface area contributed by atoms with Crippen LogP contribution in [0, 0.1) is 12.8 Å². The summed E-state index contributed by atoms with van der Waals surface area (Å²) in [6.45, 7) is 3.49. The molecular formula is C26H34N3O2+. The van der Waals surface area contributed by atoms with E-state index in [4.69, 9.17) is 4.42 Å². The summed E-state index contributed by atoms with van der Waals surface area (Å²) in [5.74, 6) is 1.33. The number of hydrogen-bond acceptors (Lipinski definition) is 4. The number of aliphatic hydroxyl groups is 1. The summed E-state index contributed by atoms with van der Waals surface area (Å²) < 4.78 is 6.95. The van der Waals surface area contributed by atoms with Gasteiger partial charge in [-0.25, -0.2) is 4.98 Å². The number of nitrogens with zero attached hydrogens (tertiary/aromatic N) is 3. The largest absolute Gasteiger partial charge is 0.436 e. The molecule has 1 saturated carbocycles. The van der Waals surface area contributed by atoms with E-state index in [0.717, 1.165) is 54.9 Å². The zero-order valence-electron chi connectivity index (χ0n) is 18.9. The quantitative estimate of drug-likeness (QED) is 0.548. The first-order valence-electron chi connectivity index (χ1n) is 11.3. The number of hydrogen-bond donors (Lipinski definition) is 1. The molecule has 3 aromatic rings. The van der Waals surface area contributed by atoms with Crippen LogP contribution in [0.15, 0.2) is 59.1 Å². The van der Waals surface area contributed by atoms with Crippen LogP contribution in [0.1, 0.15) is 60.7 Å². The van der Waals surface area contributed by atoms with Crippen molar-refractivity contribution in [3.8, 4) is 0 Å². The number of benzene rings is 1. The number of pyridine rings is 1. The van der Waals surface area contributed by atoms with Crippen LogP contribution in [0.5, 0.6) is 0 Å². The molecule has 4 rings (SSSR count). The lowest BCUT2D eigenvalue weighted by Gasteiger charge is -2.36. The second kappa shape index (κ2) is 8.93. The predicted molar refractivity (Wildman–Crippen MR) is 121 cm³/mol. The normalized spacial score (nSPS) is 17.4. The monoisotopic (exact) mass is 420 g/mol. The Hall–Kier alpha value is -2.50. The van der Waals surface area contributed by atoms with Gasteiger partial charge in [0.05, 0.1) is 26.0 Å². The van der Waals surface area contributed by atoms with Gasteiger partial charge in [0, 0.05) is 11.6 Å². The van der Waals surface area contributed by atoms with E-state index in [1.165, 1.54) is 6.42 Å². The summed E-state index contributed by atoms with van der Waals surface area (Å²) in [7, 11) is 4.33. The first-order chi connectivity index (χ1) is 14.9. The van der Waals surface area contributed by atoms with Gasteiger partial charge in [0.1, 0.15) is 13.1 Å². The van der Waals surface area contributed by atoms with Crippen molar-refractivity contribution in [2.75, 3.05) is 14.1 Å². The minimum atomic E-state index is -1.19. The maximum atomic E-state index is 12.0. The molecule has 0 radical (unpaired) electrons. The molecule has 5 nitrogen and oxygen atoms in total. The van der Waals surface area contributed by atoms with Crippen molar-refractivity contribution in [2.45, 2.75) is 57.7 Å². The lowest BCUT2D eigenvalue weighted by molar-refractivity contribution is -0.918. The van der Waals surface area contributed by atoms with Gasteiger partial charge >= 0.3 is 0 Å². The highest BCUT2D eigenvalue weighted by molar-refractivity contribution is 5.30. The average Bonchev–Trinajstić information content (AvgIpc) is 3.22. The highest BCUT2D eigenvalue weighted by Gasteiger charge is 2.44. The third-order valence-electron chi connectivity index (χ3n) is 6.41. The summed E-state index contributed by atoms with van der Waals surface area (Å²) >= 11 is 0. The summed E-state index contributed by atoms with van der Waals surface area (Å²) in [4.78, 5) is 9.25. The maximum Gasteiger partial charge on any atom is 0.231 e. The smallest absolute Gasteiger partial charge is 0.231 e. The van der Waals surface area contributed by atoms with Crippen LogP contribution in [0.3, 0.4) is 0 Å². The van der Waals surface area contributed by atoms with E-state index in [1.54, 1.807) is 6.20 Å². The number of aromatic nitrogens is 2. The standard InChI is InChI=1S/C26H34N3O2/c1-20-11-10-16-23(28-20)18-29(2,3)19-24-17-27-25(31-24)26(30,21-12-6-4-7-13-21)22-14-8-5-9-15-22/h4,6-7,10-13,16-17,22,30H,5,8-9,14-15,18-19H2,1-3H3/q+1/t26-/m0/s1. The Labute approximate surface area is 185 Å². The van der Waals surface area contributed by atoms with Crippen LogP contribution in [0.25, 0.3) is 0 Å². The average molecular weight is 421 g/mol. The molecule has 1 fully saturated rings. The molecule has 1 aliphatic carbocycles. The molecule has 0 bridgehead atoms. The second-order valence-electron chi connectivity index (χ2n) is 9.62. The number of aryl methyl sites for hydroxylation is 1. The molecule has 0 aliphatic heterocycles. The highest BCUT2D eigenvalue weighted by Crippen LogP contribution is 2.43. The van der Waals surface area contributed by atoms with Gasteiger partial charge in [0.15, 0.2) is 11.4 Å². The lowest BCUT2D eigenvalue weighted by atomic mass is 9.73. The number of quaternary nitrogens is 1. The summed E-state index contributed by atoms with van der Waals surface area (Å²) in [6, 6.07) is 16.0. The fraction of sp³-hybridized carbons (Fsp3) is 0.462. The van der Waals surface area contributed by atoms with Crippen molar-refractivity contribution in [2.24, 2.45) is 5.92 Å². The second-order valence-corrected chi connectivity index (χ2v) is 9.62. The summed E-state index contributed by atoms with van der Waals surface area (Å²) in [6.07, 6.45) is 7.28. The molecule has 5 heteroatoms. The van der Waals surface area contributed by atoms with Crippen LogP contribution in [-0.4, -0.2) is 33.7 Å². The Morgan fingerprint density at radius 3 is 2.45 bits per heavy atom. The Bertz CT molecular complexity index is 993. The van der Waals surface area contributed by atoms with Gasteiger partial charge in [-0.05, 0) is 37.5 Å². The Morgan fingerprint density at radius 2 is 1.74 bits per heavy atom. The minimum Gasteiger partial charge on any atom is -0.436 e. The molecule has 164 valence electrons. The van der Waals surface area contributed by atoms with Gasteiger partial charge < -0.3 is 14.0 Å². The molecule has 1 N–H and O–H groups in total. The van der Waals surface area contributed by atoms with Crippen molar-refractivity contribution >= 4 is 0 Å². The number of oxazole rings is 1. The fourth-order valence-electron chi connectivity index (χ4n) is 4.91. The zero-order valence-corrected chi connectivity index (χ0v) is 18.9. The van der Waals surface area contributed by atoms with Gasteiger partial charge in [0.2, 0.25) is 5.89 Å². The van der Waals surface area contributed by atoms with Gasteiger partial charge in [-0.15, -0.1) is 0 Å². The first kappa shape index (κ1) is 21.7. The van der Waals surface area contributed by atoms with Gasteiger partial charge in [0.25, 0.3) is 0 Å². The molecule has 31 heavy (non-hydrogen) atoms. The van der Waals surface area contributed by atoms with Gasteiger partial charge in [-0.2, -0.15) is 0 Å². The Balaban J connectivity index is 1.59. The molecule has 1 aromatic carbocycles. The van der Waals surface area contributed by atoms with E-state index in [2.05, 4.69) is 30.1 Å². The molecule has 1 atom stereocenters. The van der Waals surface area contributed by atoms with E-state index >= 15 is 0 Å². The Morgan fingerprint density at radius 1 is 1.00 bits per heavy atom. The van der Waals surface area contributed by atoms with Crippen molar-refractivity contribution in [3.63, 3.8) is 0 Å². The summed E-state index contributed by atoms with van der Waals surface area (Å²) in [5.41, 5.74) is 1.77. The first-order valence-corrected chi connectivity index (χ1v) is 11.3. The fourth-order valence-corrected chi connectivity index (χ4v) is 4.91. The molecule has 0 spiro atoms. The third-order valence-corrected chi connectivity index (χ3v) is 6.41.